The average molecular weight is 682 g/mol. The molecule has 1 saturated heterocycles. The molecule has 0 N–H and O–H groups in total. The Bertz CT molecular complexity index is 856. The number of allylic oxidation sites excluding steroid dienone is 8. The van der Waals surface area contributed by atoms with Gasteiger partial charge in [0.2, 0.25) is 0 Å². The van der Waals surface area contributed by atoms with Gasteiger partial charge in [-0.15, -0.1) is 0 Å². The summed E-state index contributed by atoms with van der Waals surface area (Å²) in [5, 5.41) is 0. The monoisotopic (exact) mass is 682 g/mol. The molecule has 0 bridgehead atoms. The lowest BCUT2D eigenvalue weighted by atomic mass is 9.97. The summed E-state index contributed by atoms with van der Waals surface area (Å²) in [5.74, 6) is 0.368. The van der Waals surface area contributed by atoms with Crippen LogP contribution in [0.15, 0.2) is 48.6 Å². The lowest BCUT2D eigenvalue weighted by molar-refractivity contribution is -0.193. The van der Waals surface area contributed by atoms with E-state index in [1.165, 1.54) is 128 Å². The van der Waals surface area contributed by atoms with E-state index in [2.05, 4.69) is 62.5 Å². The van der Waals surface area contributed by atoms with Gasteiger partial charge in [-0.1, -0.05) is 140 Å². The predicted octanol–water partition coefficient (Wildman–Crippen LogP) is 13.0. The van der Waals surface area contributed by atoms with Crippen LogP contribution in [0.2, 0.25) is 0 Å². The first-order chi connectivity index (χ1) is 24.0. The maximum Gasteiger partial charge on any atom is 0.169 e. The maximum atomic E-state index is 12.5. The minimum atomic E-state index is -0.389. The van der Waals surface area contributed by atoms with Crippen molar-refractivity contribution < 1.29 is 14.3 Å². The minimum absolute atomic E-state index is 0.178. The Hall–Kier alpha value is -1.49. The van der Waals surface area contributed by atoms with E-state index in [9.17, 15) is 4.79 Å². The lowest BCUT2D eigenvalue weighted by Crippen LogP contribution is -2.32. The van der Waals surface area contributed by atoms with Gasteiger partial charge in [-0.2, -0.15) is 0 Å². The summed E-state index contributed by atoms with van der Waals surface area (Å²) in [6.07, 6.45) is 51.4. The van der Waals surface area contributed by atoms with Crippen LogP contribution in [0.1, 0.15) is 187 Å². The molecule has 1 heterocycles. The molecule has 1 unspecified atom stereocenters. The van der Waals surface area contributed by atoms with Crippen molar-refractivity contribution in [2.24, 2.45) is 5.92 Å². The Morgan fingerprint density at radius 2 is 0.959 bits per heavy atom. The largest absolute Gasteiger partial charge is 0.344 e. The van der Waals surface area contributed by atoms with Gasteiger partial charge in [-0.05, 0) is 97.1 Å². The number of carbonyl (C=O) groups is 1. The molecule has 3 atom stereocenters. The summed E-state index contributed by atoms with van der Waals surface area (Å²) >= 11 is 0. The van der Waals surface area contributed by atoms with Gasteiger partial charge >= 0.3 is 0 Å². The molecule has 2 fully saturated rings. The molecule has 1 aliphatic carbocycles. The average Bonchev–Trinajstić information content (AvgIpc) is 3.59. The van der Waals surface area contributed by atoms with Crippen molar-refractivity contribution in [3.63, 3.8) is 0 Å². The van der Waals surface area contributed by atoms with E-state index in [1.54, 1.807) is 0 Å². The Balaban J connectivity index is 1.64. The standard InChI is InChI=1S/C45H79NO3/c1-5-7-9-11-13-15-17-19-21-23-25-27-29-31-33-35-45(48-43-38-41(39-44(43)49-45)37-42(47)40-46(3)4)36-34-32-30-28-26-24-22-20-18-16-14-12-10-8-6-2/h11-14,17-20,41,43-44H,5-10,15-16,21-40H2,1-4H3/b13-11-,14-12-,19-17-,20-18-/t41?,43-,44+. The molecule has 0 spiro atoms. The summed E-state index contributed by atoms with van der Waals surface area (Å²) in [5.41, 5.74) is 0. The fraction of sp³-hybridized carbons (Fsp3) is 0.800. The second-order valence-corrected chi connectivity index (χ2v) is 15.5. The number of likely N-dealkylation sites (N-methyl/N-ethyl adjacent to an activating group) is 1. The summed E-state index contributed by atoms with van der Waals surface area (Å²) < 4.78 is 13.7. The molecular formula is C45H79NO3. The number of rotatable bonds is 32. The number of unbranched alkanes of at least 4 members (excludes halogenated alkanes) is 16. The molecule has 4 nitrogen and oxygen atoms in total. The SMILES string of the molecule is CCCC/C=C\C/C=C\CCCCCCCCC1(CCCCCCCC/C=C\C/C=C\CCCC)O[C@H]2CC(CC(=O)CN(C)C)C[C@H]2O1. The van der Waals surface area contributed by atoms with Crippen LogP contribution in [0.3, 0.4) is 0 Å². The minimum Gasteiger partial charge on any atom is -0.344 e. The molecule has 4 heteroatoms. The summed E-state index contributed by atoms with van der Waals surface area (Å²) in [6, 6.07) is 0. The fourth-order valence-electron chi connectivity index (χ4n) is 7.54. The van der Waals surface area contributed by atoms with Crippen molar-refractivity contribution in [1.82, 2.24) is 4.90 Å². The van der Waals surface area contributed by atoms with Crippen LogP contribution in [-0.2, 0) is 14.3 Å². The molecule has 0 radical (unpaired) electrons. The Morgan fingerprint density at radius 3 is 1.37 bits per heavy atom. The van der Waals surface area contributed by atoms with E-state index < -0.39 is 0 Å². The van der Waals surface area contributed by atoms with E-state index in [-0.39, 0.29) is 18.0 Å². The summed E-state index contributed by atoms with van der Waals surface area (Å²) in [7, 11) is 3.95. The van der Waals surface area contributed by atoms with Gasteiger partial charge in [0.1, 0.15) is 5.78 Å². The highest BCUT2D eigenvalue weighted by Crippen LogP contribution is 2.46. The summed E-state index contributed by atoms with van der Waals surface area (Å²) in [6.45, 7) is 5.04. The Kier molecular flexibility index (Phi) is 26.0. The van der Waals surface area contributed by atoms with Gasteiger partial charge in [0.25, 0.3) is 0 Å². The molecule has 0 aromatic rings. The van der Waals surface area contributed by atoms with E-state index in [1.807, 2.05) is 19.0 Å². The van der Waals surface area contributed by atoms with Crippen LogP contribution in [0, 0.1) is 5.92 Å². The van der Waals surface area contributed by atoms with Gasteiger partial charge < -0.3 is 14.4 Å². The van der Waals surface area contributed by atoms with Gasteiger partial charge in [-0.25, -0.2) is 0 Å². The summed E-state index contributed by atoms with van der Waals surface area (Å²) in [4.78, 5) is 14.4. The Morgan fingerprint density at radius 1 is 0.571 bits per heavy atom. The lowest BCUT2D eigenvalue weighted by Gasteiger charge is -2.30. The number of ether oxygens (including phenoxy) is 2. The van der Waals surface area contributed by atoms with Crippen molar-refractivity contribution in [3.05, 3.63) is 48.6 Å². The van der Waals surface area contributed by atoms with E-state index in [0.29, 0.717) is 24.7 Å². The van der Waals surface area contributed by atoms with Crippen LogP contribution in [0.4, 0.5) is 0 Å². The molecule has 2 aliphatic rings. The number of hydrogen-bond donors (Lipinski definition) is 0. The number of Topliss-reactive ketones (excluding diaryl/α,β-unsaturated/α-hetero) is 1. The van der Waals surface area contributed by atoms with Crippen LogP contribution in [-0.4, -0.2) is 49.3 Å². The zero-order valence-electron chi connectivity index (χ0n) is 32.8. The van der Waals surface area contributed by atoms with Crippen molar-refractivity contribution in [1.29, 1.82) is 0 Å². The molecule has 282 valence electrons. The number of hydrogen-bond acceptors (Lipinski definition) is 4. The second-order valence-electron chi connectivity index (χ2n) is 15.5. The second kappa shape index (κ2) is 29.1. The molecule has 0 aromatic heterocycles. The third-order valence-corrected chi connectivity index (χ3v) is 10.3. The van der Waals surface area contributed by atoms with Gasteiger partial charge in [-0.3, -0.25) is 4.79 Å². The highest BCUT2D eigenvalue weighted by molar-refractivity contribution is 5.80. The molecule has 1 saturated carbocycles. The smallest absolute Gasteiger partial charge is 0.169 e. The van der Waals surface area contributed by atoms with Crippen molar-refractivity contribution >= 4 is 5.78 Å². The van der Waals surface area contributed by atoms with Gasteiger partial charge in [0.05, 0.1) is 18.8 Å². The number of carbonyl (C=O) groups excluding carboxylic acids is 1. The highest BCUT2D eigenvalue weighted by Gasteiger charge is 2.51. The molecule has 2 rings (SSSR count). The first kappa shape index (κ1) is 43.7. The molecule has 1 aliphatic heterocycles. The van der Waals surface area contributed by atoms with Crippen LogP contribution in [0.25, 0.3) is 0 Å². The van der Waals surface area contributed by atoms with E-state index in [0.717, 1.165) is 38.5 Å². The first-order valence-electron chi connectivity index (χ1n) is 21.1. The van der Waals surface area contributed by atoms with Crippen molar-refractivity contribution in [2.45, 2.75) is 205 Å². The maximum absolute atomic E-state index is 12.5. The molecule has 0 amide bonds. The third kappa shape index (κ3) is 22.1. The Labute approximate surface area is 304 Å². The van der Waals surface area contributed by atoms with Crippen LogP contribution in [0.5, 0.6) is 0 Å². The first-order valence-corrected chi connectivity index (χ1v) is 21.1. The van der Waals surface area contributed by atoms with E-state index >= 15 is 0 Å². The zero-order chi connectivity index (χ0) is 35.3. The van der Waals surface area contributed by atoms with Crippen molar-refractivity contribution in [3.8, 4) is 0 Å². The van der Waals surface area contributed by atoms with Crippen LogP contribution >= 0.6 is 0 Å². The predicted molar refractivity (Wildman–Crippen MR) is 212 cm³/mol. The number of ketones is 1. The molecular weight excluding hydrogens is 602 g/mol. The zero-order valence-corrected chi connectivity index (χ0v) is 32.8. The number of nitrogens with zero attached hydrogens (tertiary/aromatic N) is 1. The van der Waals surface area contributed by atoms with Gasteiger partial charge in [0, 0.05) is 19.3 Å². The normalized spacial score (nSPS) is 20.7. The van der Waals surface area contributed by atoms with Gasteiger partial charge in [0.15, 0.2) is 5.79 Å². The number of fused-ring (bicyclic) bond motifs is 1. The molecule has 0 aromatic carbocycles. The molecule has 49 heavy (non-hydrogen) atoms. The van der Waals surface area contributed by atoms with Crippen LogP contribution < -0.4 is 0 Å². The third-order valence-electron chi connectivity index (χ3n) is 10.3. The quantitative estimate of drug-likeness (QED) is 0.0523. The fourth-order valence-corrected chi connectivity index (χ4v) is 7.54. The van der Waals surface area contributed by atoms with Crippen molar-refractivity contribution in [2.75, 3.05) is 20.6 Å². The highest BCUT2D eigenvalue weighted by atomic mass is 16.8. The topological polar surface area (TPSA) is 38.8 Å². The van der Waals surface area contributed by atoms with E-state index in [4.69, 9.17) is 9.47 Å².